The molecule has 0 radical (unpaired) electrons. The molecule has 0 unspecified atom stereocenters. The number of carboxylic acid groups (broad SMARTS) is 1. The van der Waals surface area contributed by atoms with E-state index < -0.39 is 12.1 Å². The number of ether oxygens (including phenoxy) is 2. The Morgan fingerprint density at radius 2 is 2.18 bits per heavy atom. The molecule has 2 heterocycles. The summed E-state index contributed by atoms with van der Waals surface area (Å²) in [4.78, 5) is 13.0. The van der Waals surface area contributed by atoms with Crippen molar-refractivity contribution < 1.29 is 24.5 Å². The van der Waals surface area contributed by atoms with Gasteiger partial charge in [0.15, 0.2) is 0 Å². The van der Waals surface area contributed by atoms with Gasteiger partial charge in [0.05, 0.1) is 32.0 Å². The number of unbranched alkanes of at least 4 members (excludes halogenated alkanes) is 1. The third-order valence-electron chi connectivity index (χ3n) is 5.63. The van der Waals surface area contributed by atoms with E-state index in [0.29, 0.717) is 32.7 Å². The molecule has 28 heavy (non-hydrogen) atoms. The summed E-state index contributed by atoms with van der Waals surface area (Å²) in [5, 5.41) is 23.7. The van der Waals surface area contributed by atoms with Crippen LogP contribution in [0.1, 0.15) is 37.7 Å². The lowest BCUT2D eigenvalue weighted by atomic mass is 9.94. The van der Waals surface area contributed by atoms with Crippen molar-refractivity contribution in [2.75, 3.05) is 26.3 Å². The van der Waals surface area contributed by atoms with Crippen molar-refractivity contribution in [2.24, 2.45) is 5.92 Å². The molecule has 6 nitrogen and oxygen atoms in total. The molecule has 0 bridgehead atoms. The predicted octanol–water partition coefficient (Wildman–Crippen LogP) is 2.92. The first-order valence-corrected chi connectivity index (χ1v) is 11.1. The van der Waals surface area contributed by atoms with Gasteiger partial charge >= 0.3 is 5.97 Å². The highest BCUT2D eigenvalue weighted by Gasteiger charge is 2.45. The Bertz CT molecular complexity index is 614. The van der Waals surface area contributed by atoms with Crippen molar-refractivity contribution in [3.8, 4) is 0 Å². The smallest absolute Gasteiger partial charge is 0.303 e. The van der Waals surface area contributed by atoms with Gasteiger partial charge in [-0.05, 0) is 41.7 Å². The van der Waals surface area contributed by atoms with Crippen LogP contribution < -0.4 is 0 Å². The summed E-state index contributed by atoms with van der Waals surface area (Å²) in [6.07, 6.45) is 6.95. The Balaban J connectivity index is 1.60. The lowest BCUT2D eigenvalue weighted by Gasteiger charge is -2.37. The normalized spacial score (nSPS) is 28.9. The number of hydrogen-bond acceptors (Lipinski definition) is 6. The molecular weight excluding hydrogens is 378 g/mol. The standard InChI is InChI=1S/C21H31NO5S/c23-18-13-19(27-14-16-7-12-28-15-16)17(5-3-1-2-4-6-20(24)25)21(18)22-8-10-26-11-9-22/h1,3,7,12,15,17-19,21,23H,2,4-6,8-11,13-14H2,(H,24,25)/t17-,18+,19-,21+/m0/s1. The van der Waals surface area contributed by atoms with Gasteiger partial charge in [-0.25, -0.2) is 0 Å². The summed E-state index contributed by atoms with van der Waals surface area (Å²) in [6, 6.07) is 2.16. The van der Waals surface area contributed by atoms with E-state index in [1.807, 2.05) is 0 Å². The van der Waals surface area contributed by atoms with Gasteiger partial charge in [0.1, 0.15) is 0 Å². The monoisotopic (exact) mass is 409 g/mol. The van der Waals surface area contributed by atoms with E-state index in [-0.39, 0.29) is 24.5 Å². The summed E-state index contributed by atoms with van der Waals surface area (Å²) >= 11 is 1.67. The molecule has 7 heteroatoms. The van der Waals surface area contributed by atoms with Gasteiger partial charge in [-0.2, -0.15) is 11.3 Å². The van der Waals surface area contributed by atoms with Crippen LogP contribution in [0.2, 0.25) is 0 Å². The van der Waals surface area contributed by atoms with E-state index in [2.05, 4.69) is 33.9 Å². The first-order valence-electron chi connectivity index (χ1n) is 10.1. The molecule has 2 fully saturated rings. The number of thiophene rings is 1. The van der Waals surface area contributed by atoms with Gasteiger partial charge in [-0.1, -0.05) is 12.2 Å². The molecule has 156 valence electrons. The van der Waals surface area contributed by atoms with Crippen LogP contribution in [0.4, 0.5) is 0 Å². The number of carboxylic acids is 1. The summed E-state index contributed by atoms with van der Waals surface area (Å²) in [7, 11) is 0. The topological polar surface area (TPSA) is 79.2 Å². The molecule has 0 amide bonds. The van der Waals surface area contributed by atoms with Crippen LogP contribution in [-0.2, 0) is 20.9 Å². The zero-order valence-electron chi connectivity index (χ0n) is 16.2. The van der Waals surface area contributed by atoms with Gasteiger partial charge < -0.3 is 19.7 Å². The van der Waals surface area contributed by atoms with Crippen molar-refractivity contribution in [2.45, 2.75) is 57.0 Å². The van der Waals surface area contributed by atoms with Crippen LogP contribution >= 0.6 is 11.3 Å². The Kier molecular flexibility index (Phi) is 8.48. The van der Waals surface area contributed by atoms with Gasteiger partial charge in [0.2, 0.25) is 0 Å². The van der Waals surface area contributed by atoms with E-state index >= 15 is 0 Å². The third-order valence-corrected chi connectivity index (χ3v) is 6.36. The largest absolute Gasteiger partial charge is 0.481 e. The molecule has 1 aliphatic heterocycles. The van der Waals surface area contributed by atoms with Crippen LogP contribution in [-0.4, -0.2) is 65.6 Å². The Morgan fingerprint density at radius 1 is 1.36 bits per heavy atom. The first kappa shape index (κ1) is 21.5. The van der Waals surface area contributed by atoms with Gasteiger partial charge in [0.25, 0.3) is 0 Å². The minimum Gasteiger partial charge on any atom is -0.481 e. The maximum Gasteiger partial charge on any atom is 0.303 e. The van der Waals surface area contributed by atoms with Gasteiger partial charge in [-0.15, -0.1) is 0 Å². The number of hydrogen-bond donors (Lipinski definition) is 2. The minimum atomic E-state index is -0.749. The first-order chi connectivity index (χ1) is 13.6. The molecule has 1 aliphatic carbocycles. The number of nitrogens with zero attached hydrogens (tertiary/aromatic N) is 1. The number of morpholine rings is 1. The highest BCUT2D eigenvalue weighted by molar-refractivity contribution is 7.07. The molecule has 1 aromatic heterocycles. The summed E-state index contributed by atoms with van der Waals surface area (Å²) in [5.41, 5.74) is 1.18. The van der Waals surface area contributed by atoms with Crippen LogP contribution in [0.15, 0.2) is 29.0 Å². The van der Waals surface area contributed by atoms with E-state index in [1.54, 1.807) is 11.3 Å². The summed E-state index contributed by atoms with van der Waals surface area (Å²) in [6.45, 7) is 3.69. The molecule has 0 aromatic carbocycles. The maximum atomic E-state index is 10.8. The third kappa shape index (κ3) is 6.12. The van der Waals surface area contributed by atoms with Crippen molar-refractivity contribution in [3.05, 3.63) is 34.5 Å². The van der Waals surface area contributed by atoms with Crippen LogP contribution in [0.3, 0.4) is 0 Å². The molecule has 0 spiro atoms. The Hall–Kier alpha value is -1.25. The van der Waals surface area contributed by atoms with Gasteiger partial charge in [0, 0.05) is 37.9 Å². The lowest BCUT2D eigenvalue weighted by molar-refractivity contribution is -0.137. The second-order valence-corrected chi connectivity index (χ2v) is 8.36. The number of aliphatic carboxylic acids is 1. The number of allylic oxidation sites excluding steroid dienone is 2. The highest BCUT2D eigenvalue weighted by Crippen LogP contribution is 2.36. The number of aliphatic hydroxyl groups excluding tert-OH is 1. The van der Waals surface area contributed by atoms with Gasteiger partial charge in [-0.3, -0.25) is 9.69 Å². The van der Waals surface area contributed by atoms with E-state index in [0.717, 1.165) is 25.9 Å². The van der Waals surface area contributed by atoms with Crippen molar-refractivity contribution in [1.82, 2.24) is 4.90 Å². The molecule has 1 aromatic rings. The molecule has 1 saturated heterocycles. The van der Waals surface area contributed by atoms with Crippen molar-refractivity contribution >= 4 is 17.3 Å². The van der Waals surface area contributed by atoms with Crippen LogP contribution in [0.5, 0.6) is 0 Å². The molecular formula is C21H31NO5S. The van der Waals surface area contributed by atoms with E-state index in [9.17, 15) is 9.90 Å². The molecule has 2 aliphatic rings. The number of aliphatic hydroxyl groups is 1. The van der Waals surface area contributed by atoms with Crippen molar-refractivity contribution in [3.63, 3.8) is 0 Å². The average molecular weight is 410 g/mol. The fourth-order valence-corrected chi connectivity index (χ4v) is 4.90. The quantitative estimate of drug-likeness (QED) is 0.457. The second kappa shape index (κ2) is 11.1. The van der Waals surface area contributed by atoms with E-state index in [1.165, 1.54) is 5.56 Å². The summed E-state index contributed by atoms with van der Waals surface area (Å²) < 4.78 is 11.7. The lowest BCUT2D eigenvalue weighted by Crippen LogP contribution is -2.50. The second-order valence-electron chi connectivity index (χ2n) is 7.58. The zero-order chi connectivity index (χ0) is 19.8. The van der Waals surface area contributed by atoms with Crippen LogP contribution in [0.25, 0.3) is 0 Å². The fourth-order valence-electron chi connectivity index (χ4n) is 4.25. The average Bonchev–Trinajstić information content (AvgIpc) is 3.31. The SMILES string of the molecule is O=C(O)CCCC=CC[C@@H]1[C@@H](N2CCOCC2)[C@H](O)C[C@@H]1OCc1ccsc1. The highest BCUT2D eigenvalue weighted by atomic mass is 32.1. The summed E-state index contributed by atoms with van der Waals surface area (Å²) in [5.74, 6) is -0.524. The maximum absolute atomic E-state index is 10.8. The molecule has 2 N–H and O–H groups in total. The number of carbonyl (C=O) groups is 1. The minimum absolute atomic E-state index is 0.0198. The zero-order valence-corrected chi connectivity index (χ0v) is 17.1. The number of rotatable bonds is 10. The van der Waals surface area contributed by atoms with Crippen molar-refractivity contribution in [1.29, 1.82) is 0 Å². The Morgan fingerprint density at radius 3 is 2.89 bits per heavy atom. The molecule has 4 atom stereocenters. The molecule has 3 rings (SSSR count). The Labute approximate surface area is 170 Å². The van der Waals surface area contributed by atoms with E-state index in [4.69, 9.17) is 14.6 Å². The van der Waals surface area contributed by atoms with Crippen LogP contribution in [0, 0.1) is 5.92 Å². The predicted molar refractivity (Wildman–Crippen MR) is 108 cm³/mol. The fraction of sp³-hybridized carbons (Fsp3) is 0.667. The molecule has 1 saturated carbocycles.